The number of carbonyl (C=O) groups is 1. The highest BCUT2D eigenvalue weighted by atomic mass is 19.1. The van der Waals surface area contributed by atoms with E-state index in [4.69, 9.17) is 4.74 Å². The Balaban J connectivity index is 1.27. The molecule has 1 aromatic heterocycles. The zero-order valence-electron chi connectivity index (χ0n) is 15.0. The van der Waals surface area contributed by atoms with E-state index in [-0.39, 0.29) is 30.5 Å². The minimum atomic E-state index is -0.406. The van der Waals surface area contributed by atoms with Gasteiger partial charge in [0.2, 0.25) is 0 Å². The molecule has 1 aliphatic heterocycles. The fourth-order valence-electron chi connectivity index (χ4n) is 3.52. The highest BCUT2D eigenvalue weighted by Crippen LogP contribution is 2.31. The molecule has 2 aromatic rings. The van der Waals surface area contributed by atoms with Gasteiger partial charge < -0.3 is 14.7 Å². The van der Waals surface area contributed by atoms with Crippen molar-refractivity contribution in [3.63, 3.8) is 0 Å². The lowest BCUT2D eigenvalue weighted by molar-refractivity contribution is -0.00146. The molecule has 2 atom stereocenters. The van der Waals surface area contributed by atoms with Crippen molar-refractivity contribution in [2.24, 2.45) is 0 Å². The third-order valence-electron chi connectivity index (χ3n) is 5.43. The van der Waals surface area contributed by atoms with E-state index in [0.29, 0.717) is 37.2 Å². The van der Waals surface area contributed by atoms with Gasteiger partial charge in [0.1, 0.15) is 5.82 Å². The second-order valence-electron chi connectivity index (χ2n) is 7.19. The van der Waals surface area contributed by atoms with Crippen LogP contribution in [0.3, 0.4) is 0 Å². The second-order valence-corrected chi connectivity index (χ2v) is 7.19. The lowest BCUT2D eigenvalue weighted by atomic mass is 9.89. The number of aromatic nitrogens is 3. The average molecular weight is 374 g/mol. The first-order valence-electron chi connectivity index (χ1n) is 9.36. The maximum atomic E-state index is 13.6. The van der Waals surface area contributed by atoms with Crippen molar-refractivity contribution >= 4 is 5.91 Å². The van der Waals surface area contributed by atoms with Crippen molar-refractivity contribution in [3.8, 4) is 0 Å². The number of piperidine rings is 1. The molecule has 8 heteroatoms. The second kappa shape index (κ2) is 7.74. The van der Waals surface area contributed by atoms with Gasteiger partial charge in [-0.15, -0.1) is 5.10 Å². The van der Waals surface area contributed by atoms with Crippen molar-refractivity contribution in [3.05, 3.63) is 47.5 Å². The summed E-state index contributed by atoms with van der Waals surface area (Å²) in [7, 11) is 0. The first kappa shape index (κ1) is 18.1. The Morgan fingerprint density at radius 1 is 1.22 bits per heavy atom. The van der Waals surface area contributed by atoms with Crippen molar-refractivity contribution in [1.82, 2.24) is 19.9 Å². The maximum absolute atomic E-state index is 13.6. The Labute approximate surface area is 156 Å². The number of halogens is 1. The van der Waals surface area contributed by atoms with Crippen molar-refractivity contribution in [1.29, 1.82) is 0 Å². The predicted molar refractivity (Wildman–Crippen MR) is 94.4 cm³/mol. The molecule has 7 nitrogen and oxygen atoms in total. The quantitative estimate of drug-likeness (QED) is 0.865. The summed E-state index contributed by atoms with van der Waals surface area (Å²) in [6.07, 6.45) is 4.24. The van der Waals surface area contributed by atoms with Crippen LogP contribution in [0.2, 0.25) is 0 Å². The van der Waals surface area contributed by atoms with Crippen molar-refractivity contribution < 1.29 is 19.0 Å². The number of benzene rings is 1. The van der Waals surface area contributed by atoms with Gasteiger partial charge >= 0.3 is 0 Å². The van der Waals surface area contributed by atoms with Gasteiger partial charge in [-0.1, -0.05) is 23.4 Å². The highest BCUT2D eigenvalue weighted by Gasteiger charge is 2.33. The van der Waals surface area contributed by atoms with Gasteiger partial charge in [0.25, 0.3) is 5.91 Å². The first-order chi connectivity index (χ1) is 13.1. The summed E-state index contributed by atoms with van der Waals surface area (Å²) < 4.78 is 21.1. The molecule has 1 saturated heterocycles. The number of aliphatic hydroxyl groups excluding tert-OH is 1. The van der Waals surface area contributed by atoms with Crippen LogP contribution in [0.15, 0.2) is 30.5 Å². The highest BCUT2D eigenvalue weighted by molar-refractivity contribution is 5.92. The van der Waals surface area contributed by atoms with E-state index in [0.717, 1.165) is 12.8 Å². The van der Waals surface area contributed by atoms with E-state index in [1.807, 2.05) is 0 Å². The van der Waals surface area contributed by atoms with E-state index < -0.39 is 6.10 Å². The largest absolute Gasteiger partial charge is 0.391 e. The molecule has 0 bridgehead atoms. The SMILES string of the molecule is O=C(c1cn([C@@H]2CC[C@H]2O)nn1)N1CCC(OCc2ccccc2F)CC1. The zero-order chi connectivity index (χ0) is 18.8. The molecular formula is C19H23FN4O3. The van der Waals surface area contributed by atoms with Gasteiger partial charge in [0.15, 0.2) is 5.69 Å². The Morgan fingerprint density at radius 3 is 2.67 bits per heavy atom. The summed E-state index contributed by atoms with van der Waals surface area (Å²) in [5.41, 5.74) is 0.852. The number of carbonyl (C=O) groups excluding carboxylic acids is 1. The number of aliphatic hydroxyl groups is 1. The summed E-state index contributed by atoms with van der Waals surface area (Å²) in [5, 5.41) is 17.7. The van der Waals surface area contributed by atoms with Crippen molar-refractivity contribution in [2.45, 2.75) is 50.5 Å². The number of hydrogen-bond acceptors (Lipinski definition) is 5. The Morgan fingerprint density at radius 2 is 2.00 bits per heavy atom. The molecule has 0 unspecified atom stereocenters. The molecule has 0 spiro atoms. The fourth-order valence-corrected chi connectivity index (χ4v) is 3.52. The number of likely N-dealkylation sites (tertiary alicyclic amines) is 1. The Bertz CT molecular complexity index is 804. The monoisotopic (exact) mass is 374 g/mol. The molecular weight excluding hydrogens is 351 g/mol. The van der Waals surface area contributed by atoms with Crippen LogP contribution in [-0.2, 0) is 11.3 Å². The minimum absolute atomic E-state index is 0.00876. The van der Waals surface area contributed by atoms with E-state index >= 15 is 0 Å². The molecule has 2 fully saturated rings. The van der Waals surface area contributed by atoms with E-state index in [1.165, 1.54) is 6.07 Å². The Kier molecular flexibility index (Phi) is 5.18. The van der Waals surface area contributed by atoms with Crippen LogP contribution in [-0.4, -0.2) is 56.2 Å². The molecule has 1 amide bonds. The third-order valence-corrected chi connectivity index (χ3v) is 5.43. The smallest absolute Gasteiger partial charge is 0.276 e. The standard InChI is InChI=1S/C19H23FN4O3/c20-15-4-2-1-3-13(15)12-27-14-7-9-23(10-8-14)19(26)16-11-24(22-21-16)17-5-6-18(17)25/h1-4,11,14,17-18,25H,5-10,12H2/t17-,18-/m1/s1. The van der Waals surface area contributed by atoms with Crippen LogP contribution >= 0.6 is 0 Å². The summed E-state index contributed by atoms with van der Waals surface area (Å²) >= 11 is 0. The molecule has 144 valence electrons. The molecule has 4 rings (SSSR count). The number of rotatable bonds is 5. The molecule has 1 N–H and O–H groups in total. The molecule has 1 aliphatic carbocycles. The fraction of sp³-hybridized carbons (Fsp3) is 0.526. The van der Waals surface area contributed by atoms with Crippen LogP contribution in [0.1, 0.15) is 47.8 Å². The van der Waals surface area contributed by atoms with Crippen LogP contribution in [0.25, 0.3) is 0 Å². The Hall–Kier alpha value is -2.32. The molecule has 1 saturated carbocycles. The van der Waals surface area contributed by atoms with Gasteiger partial charge in [-0.25, -0.2) is 9.07 Å². The normalized spacial score (nSPS) is 23.3. The maximum Gasteiger partial charge on any atom is 0.276 e. The van der Waals surface area contributed by atoms with Gasteiger partial charge in [-0.05, 0) is 31.7 Å². The molecule has 1 aromatic carbocycles. The van der Waals surface area contributed by atoms with Crippen LogP contribution < -0.4 is 0 Å². The topological polar surface area (TPSA) is 80.5 Å². The van der Waals surface area contributed by atoms with Crippen LogP contribution in [0.4, 0.5) is 4.39 Å². The summed E-state index contributed by atoms with van der Waals surface area (Å²) in [5.74, 6) is -0.410. The van der Waals surface area contributed by atoms with Gasteiger partial charge in [0, 0.05) is 18.7 Å². The number of nitrogens with zero attached hydrogens (tertiary/aromatic N) is 4. The van der Waals surface area contributed by atoms with Gasteiger partial charge in [-0.3, -0.25) is 4.79 Å². The lowest BCUT2D eigenvalue weighted by Crippen LogP contribution is -2.41. The van der Waals surface area contributed by atoms with Gasteiger partial charge in [-0.2, -0.15) is 0 Å². The molecule has 2 aliphatic rings. The van der Waals surface area contributed by atoms with Crippen LogP contribution in [0, 0.1) is 5.82 Å². The summed E-state index contributed by atoms with van der Waals surface area (Å²) in [6.45, 7) is 1.38. The lowest BCUT2D eigenvalue weighted by Gasteiger charge is -2.32. The zero-order valence-corrected chi connectivity index (χ0v) is 15.0. The number of amides is 1. The average Bonchev–Trinajstić information content (AvgIpc) is 3.15. The van der Waals surface area contributed by atoms with Gasteiger partial charge in [0.05, 0.1) is 31.1 Å². The first-order valence-corrected chi connectivity index (χ1v) is 9.36. The summed E-state index contributed by atoms with van der Waals surface area (Å²) in [4.78, 5) is 14.4. The third kappa shape index (κ3) is 3.86. The predicted octanol–water partition coefficient (Wildman–Crippen LogP) is 1.93. The summed E-state index contributed by atoms with van der Waals surface area (Å²) in [6, 6.07) is 6.52. The molecule has 27 heavy (non-hydrogen) atoms. The number of ether oxygens (including phenoxy) is 1. The van der Waals surface area contributed by atoms with Crippen molar-refractivity contribution in [2.75, 3.05) is 13.1 Å². The molecule has 2 heterocycles. The van der Waals surface area contributed by atoms with E-state index in [1.54, 1.807) is 34.0 Å². The van der Waals surface area contributed by atoms with E-state index in [2.05, 4.69) is 10.3 Å². The molecule has 0 radical (unpaired) electrons. The number of hydrogen-bond donors (Lipinski definition) is 1. The van der Waals surface area contributed by atoms with E-state index in [9.17, 15) is 14.3 Å². The van der Waals surface area contributed by atoms with Crippen LogP contribution in [0.5, 0.6) is 0 Å². The minimum Gasteiger partial charge on any atom is -0.391 e.